The fourth-order valence-corrected chi connectivity index (χ4v) is 6.05. The van der Waals surface area contributed by atoms with Gasteiger partial charge in [-0.2, -0.15) is 5.10 Å². The van der Waals surface area contributed by atoms with Crippen molar-refractivity contribution >= 4 is 22.7 Å². The smallest absolute Gasteiger partial charge is 0.306 e. The standard InChI is InChI=1S/C33H41N6O3.C2H3.CH3.Zn/c1-6-34-28-15-25(16-29(18-28)39-23(3)14-22(2)37-39)26(17-32(40)42-5)21-38-13-11-24(20-38)9-10-27-19-31(41-4)30-8-7-12-35-33(30)36-27;1-2;;/h7-8,12,14-16,18-19,24,26,34H,1,6,9-11,13,17,20-21H2,2-5H3;1H,2H2;1H3;/q3*-1;. The van der Waals surface area contributed by atoms with Crippen molar-refractivity contribution in [3.63, 3.8) is 0 Å². The van der Waals surface area contributed by atoms with Gasteiger partial charge in [-0.05, 0) is 87.5 Å². The molecule has 1 aliphatic rings. The summed E-state index contributed by atoms with van der Waals surface area (Å²) in [6.45, 7) is 18.3. The van der Waals surface area contributed by atoms with E-state index in [-0.39, 0.29) is 38.8 Å². The van der Waals surface area contributed by atoms with E-state index in [1.807, 2.05) is 29.8 Å². The number of hydrogen-bond donors (Lipinski definition) is 1. The van der Waals surface area contributed by atoms with E-state index in [4.69, 9.17) is 19.6 Å². The molecule has 0 bridgehead atoms. The van der Waals surface area contributed by atoms with Crippen LogP contribution in [0.2, 0.25) is 0 Å². The van der Waals surface area contributed by atoms with Crippen LogP contribution in [0.25, 0.3) is 16.7 Å². The van der Waals surface area contributed by atoms with Gasteiger partial charge in [-0.1, -0.05) is 0 Å². The van der Waals surface area contributed by atoms with Gasteiger partial charge in [0, 0.05) is 67.8 Å². The average molecular weight is 677 g/mol. The molecule has 0 aliphatic carbocycles. The molecule has 46 heavy (non-hydrogen) atoms. The summed E-state index contributed by atoms with van der Waals surface area (Å²) in [7, 11) is 3.15. The molecule has 0 radical (unpaired) electrons. The predicted octanol–water partition coefficient (Wildman–Crippen LogP) is 6.34. The van der Waals surface area contributed by atoms with E-state index in [2.05, 4.69) is 66.5 Å². The number of nitrogens with zero attached hydrogens (tertiary/aromatic N) is 5. The predicted molar refractivity (Wildman–Crippen MR) is 182 cm³/mol. The Bertz CT molecular complexity index is 1560. The number of ether oxygens (including phenoxy) is 2. The summed E-state index contributed by atoms with van der Waals surface area (Å²) in [6, 6.07) is 14.4. The number of aromatic nitrogens is 4. The van der Waals surface area contributed by atoms with E-state index in [0.717, 1.165) is 89.7 Å². The second kappa shape index (κ2) is 18.5. The minimum Gasteiger partial charge on any atom is -0.521 e. The maximum absolute atomic E-state index is 12.6. The van der Waals surface area contributed by atoms with Crippen LogP contribution in [0.3, 0.4) is 0 Å². The molecule has 5 rings (SSSR count). The van der Waals surface area contributed by atoms with Crippen molar-refractivity contribution in [2.75, 3.05) is 45.7 Å². The summed E-state index contributed by atoms with van der Waals surface area (Å²) in [4.78, 5) is 24.3. The number of pyridine rings is 2. The Morgan fingerprint density at radius 3 is 2.65 bits per heavy atom. The van der Waals surface area contributed by atoms with E-state index < -0.39 is 0 Å². The average Bonchev–Trinajstić information content (AvgIpc) is 3.64. The SMILES string of the molecule is [CH-]=C.[CH2-]CNc1cc(C(CC(=O)OC)CN2CCC(CCc3cc(OC)c4cccnc4n3)C2)cc(-n2nc(C)cc2C)c1.[CH3-].[Zn]. The Morgan fingerprint density at radius 2 is 1.98 bits per heavy atom. The zero-order chi connectivity index (χ0) is 31.6. The van der Waals surface area contributed by atoms with Gasteiger partial charge in [-0.25, -0.2) is 14.6 Å². The Labute approximate surface area is 287 Å². The number of aryl methyl sites for hydroxylation is 3. The van der Waals surface area contributed by atoms with E-state index in [1.54, 1.807) is 13.3 Å². The Morgan fingerprint density at radius 1 is 1.20 bits per heavy atom. The van der Waals surface area contributed by atoms with Gasteiger partial charge in [0.1, 0.15) is 5.75 Å². The van der Waals surface area contributed by atoms with Gasteiger partial charge < -0.3 is 40.6 Å². The molecule has 1 aliphatic heterocycles. The third-order valence-electron chi connectivity index (χ3n) is 8.11. The van der Waals surface area contributed by atoms with Gasteiger partial charge in [-0.15, -0.1) is 6.54 Å². The van der Waals surface area contributed by atoms with Crippen molar-refractivity contribution in [1.29, 1.82) is 0 Å². The van der Waals surface area contributed by atoms with Gasteiger partial charge in [-0.3, -0.25) is 11.4 Å². The molecule has 9 nitrogen and oxygen atoms in total. The Balaban J connectivity index is 0.00000181. The number of carbonyl (C=O) groups excluding carboxylic acids is 1. The minimum atomic E-state index is -0.205. The zero-order valence-corrected chi connectivity index (χ0v) is 31.1. The van der Waals surface area contributed by atoms with Gasteiger partial charge >= 0.3 is 5.97 Å². The quantitative estimate of drug-likeness (QED) is 0.106. The number of fused-ring (bicyclic) bond motifs is 1. The molecular formula is C36H47N6O3Zn-3. The summed E-state index contributed by atoms with van der Waals surface area (Å²) < 4.78 is 12.7. The number of rotatable bonds is 12. The molecule has 1 aromatic carbocycles. The van der Waals surface area contributed by atoms with Crippen LogP contribution in [-0.2, 0) is 35.4 Å². The Hall–Kier alpha value is -3.62. The van der Waals surface area contributed by atoms with Crippen LogP contribution in [0.4, 0.5) is 5.69 Å². The second-order valence-corrected chi connectivity index (χ2v) is 11.2. The number of anilines is 1. The maximum Gasteiger partial charge on any atom is 0.306 e. The van der Waals surface area contributed by atoms with Crippen molar-refractivity contribution in [3.05, 3.63) is 98.8 Å². The molecule has 244 valence electrons. The van der Waals surface area contributed by atoms with Crippen molar-refractivity contribution in [3.8, 4) is 11.4 Å². The van der Waals surface area contributed by atoms with Crippen LogP contribution in [0, 0.1) is 40.7 Å². The number of benzene rings is 1. The van der Waals surface area contributed by atoms with E-state index >= 15 is 0 Å². The first kappa shape index (κ1) is 38.6. The largest absolute Gasteiger partial charge is 0.521 e. The van der Waals surface area contributed by atoms with Crippen LogP contribution >= 0.6 is 0 Å². The van der Waals surface area contributed by atoms with Gasteiger partial charge in [0.15, 0.2) is 5.65 Å². The molecular weight excluding hydrogens is 630 g/mol. The number of hydrogen-bond acceptors (Lipinski definition) is 8. The minimum absolute atomic E-state index is 0. The molecule has 0 amide bonds. The number of nitrogens with one attached hydrogen (secondary N) is 1. The first-order valence-electron chi connectivity index (χ1n) is 15.1. The molecule has 0 saturated carbocycles. The first-order valence-corrected chi connectivity index (χ1v) is 15.1. The number of methoxy groups -OCH3 is 2. The summed E-state index contributed by atoms with van der Waals surface area (Å²) in [5.74, 6) is 1.15. The normalized spacial score (nSPS) is 14.8. The van der Waals surface area contributed by atoms with Gasteiger partial charge in [0.2, 0.25) is 0 Å². The third-order valence-corrected chi connectivity index (χ3v) is 8.11. The first-order chi connectivity index (χ1) is 21.4. The van der Waals surface area contributed by atoms with Gasteiger partial charge in [0.05, 0.1) is 37.4 Å². The van der Waals surface area contributed by atoms with Crippen molar-refractivity contribution < 1.29 is 33.7 Å². The molecule has 4 aromatic rings. The van der Waals surface area contributed by atoms with E-state index in [0.29, 0.717) is 18.9 Å². The van der Waals surface area contributed by atoms with Crippen LogP contribution in [0.15, 0.2) is 55.2 Å². The number of carbonyl (C=O) groups is 1. The number of esters is 1. The third kappa shape index (κ3) is 9.69. The van der Waals surface area contributed by atoms with Gasteiger partial charge in [0.25, 0.3) is 0 Å². The summed E-state index contributed by atoms with van der Waals surface area (Å²) >= 11 is 0. The van der Waals surface area contributed by atoms with E-state index in [1.165, 1.54) is 7.11 Å². The van der Waals surface area contributed by atoms with Crippen molar-refractivity contribution in [2.45, 2.75) is 45.4 Å². The maximum atomic E-state index is 12.6. The monoisotopic (exact) mass is 675 g/mol. The van der Waals surface area contributed by atoms with Crippen LogP contribution < -0.4 is 10.1 Å². The number of likely N-dealkylation sites (tertiary alicyclic amines) is 1. The summed E-state index contributed by atoms with van der Waals surface area (Å²) in [5.41, 5.74) is 6.78. The Kier molecular flexibility index (Phi) is 15.5. The fraction of sp³-hybridized carbons (Fsp3) is 0.389. The zero-order valence-electron chi connectivity index (χ0n) is 28.1. The molecule has 0 spiro atoms. The summed E-state index contributed by atoms with van der Waals surface area (Å²) in [6.07, 6.45) is 5.11. The molecule has 1 N–H and O–H groups in total. The molecule has 1 fully saturated rings. The van der Waals surface area contributed by atoms with Crippen molar-refractivity contribution in [2.24, 2.45) is 5.92 Å². The topological polar surface area (TPSA) is 94.4 Å². The molecule has 3 aromatic heterocycles. The van der Waals surface area contributed by atoms with Crippen LogP contribution in [-0.4, -0.2) is 71.0 Å². The molecule has 2 unspecified atom stereocenters. The summed E-state index contributed by atoms with van der Waals surface area (Å²) in [5, 5.41) is 8.99. The molecule has 2 atom stereocenters. The molecule has 10 heteroatoms. The van der Waals surface area contributed by atoms with Crippen LogP contribution in [0.1, 0.15) is 47.8 Å². The molecule has 4 heterocycles. The van der Waals surface area contributed by atoms with Crippen LogP contribution in [0.5, 0.6) is 5.75 Å². The second-order valence-electron chi connectivity index (χ2n) is 11.2. The van der Waals surface area contributed by atoms with E-state index in [9.17, 15) is 4.79 Å². The molecule has 1 saturated heterocycles. The fourth-order valence-electron chi connectivity index (χ4n) is 6.05. The van der Waals surface area contributed by atoms with Crippen molar-refractivity contribution in [1.82, 2.24) is 24.6 Å².